The molecular weight excluding hydrogens is 236 g/mol. The summed E-state index contributed by atoms with van der Waals surface area (Å²) in [5.74, 6) is 0.939. The molecule has 1 heterocycles. The molecule has 1 aliphatic rings. The van der Waals surface area contributed by atoms with Gasteiger partial charge in [0.25, 0.3) is 0 Å². The van der Waals surface area contributed by atoms with Gasteiger partial charge in [-0.2, -0.15) is 0 Å². The van der Waals surface area contributed by atoms with E-state index in [-0.39, 0.29) is 0 Å². The molecule has 3 heteroatoms. The molecule has 1 saturated heterocycles. The minimum Gasteiger partial charge on any atom is -0.497 e. The van der Waals surface area contributed by atoms with E-state index in [0.717, 1.165) is 12.3 Å². The van der Waals surface area contributed by atoms with Crippen LogP contribution in [0, 0.1) is 0 Å². The Bertz CT molecular complexity index is 373. The van der Waals surface area contributed by atoms with Crippen LogP contribution in [0.1, 0.15) is 37.3 Å². The molecule has 0 radical (unpaired) electrons. The second-order valence-corrected chi connectivity index (χ2v) is 5.33. The average molecular weight is 262 g/mol. The first-order valence-electron chi connectivity index (χ1n) is 7.37. The summed E-state index contributed by atoms with van der Waals surface area (Å²) in [6, 6.07) is 8.78. The summed E-state index contributed by atoms with van der Waals surface area (Å²) in [6.45, 7) is 3.56. The summed E-state index contributed by atoms with van der Waals surface area (Å²) in [5.41, 5.74) is 1.31. The minimum atomic E-state index is 0.383. The van der Waals surface area contributed by atoms with Crippen molar-refractivity contribution < 1.29 is 4.74 Å². The van der Waals surface area contributed by atoms with Crippen LogP contribution < -0.4 is 10.1 Å². The third kappa shape index (κ3) is 4.22. The number of ether oxygens (including phenoxy) is 1. The fraction of sp³-hybridized carbons (Fsp3) is 0.625. The van der Waals surface area contributed by atoms with Crippen molar-refractivity contribution >= 4 is 0 Å². The van der Waals surface area contributed by atoms with Crippen LogP contribution in [0.15, 0.2) is 24.3 Å². The fourth-order valence-electron chi connectivity index (χ4n) is 2.80. The molecule has 1 aliphatic heterocycles. The third-order valence-electron chi connectivity index (χ3n) is 3.98. The van der Waals surface area contributed by atoms with Gasteiger partial charge in [0.1, 0.15) is 5.75 Å². The molecule has 106 valence electrons. The van der Waals surface area contributed by atoms with Gasteiger partial charge < -0.3 is 15.0 Å². The SMILES string of the molecule is CNC(CN1CCCCCC1)c1cccc(OC)c1. The molecule has 0 aromatic heterocycles. The number of nitrogens with zero attached hydrogens (tertiary/aromatic N) is 1. The molecule has 0 aliphatic carbocycles. The van der Waals surface area contributed by atoms with Crippen LogP contribution in [0.4, 0.5) is 0 Å². The van der Waals surface area contributed by atoms with E-state index in [4.69, 9.17) is 4.74 Å². The standard InChI is InChI=1S/C16H26N2O/c1-17-16(13-18-10-5-3-4-6-11-18)14-8-7-9-15(12-14)19-2/h7-9,12,16-17H,3-6,10-11,13H2,1-2H3. The van der Waals surface area contributed by atoms with E-state index in [9.17, 15) is 0 Å². The summed E-state index contributed by atoms with van der Waals surface area (Å²) < 4.78 is 5.32. The first-order chi connectivity index (χ1) is 9.33. The van der Waals surface area contributed by atoms with Crippen LogP contribution in [-0.2, 0) is 0 Å². The number of likely N-dealkylation sites (tertiary alicyclic amines) is 1. The number of hydrogen-bond acceptors (Lipinski definition) is 3. The monoisotopic (exact) mass is 262 g/mol. The van der Waals surface area contributed by atoms with Gasteiger partial charge in [0, 0.05) is 12.6 Å². The minimum absolute atomic E-state index is 0.383. The highest BCUT2D eigenvalue weighted by atomic mass is 16.5. The van der Waals surface area contributed by atoms with Crippen molar-refractivity contribution in [2.24, 2.45) is 0 Å². The Morgan fingerprint density at radius 1 is 1.21 bits per heavy atom. The molecule has 19 heavy (non-hydrogen) atoms. The van der Waals surface area contributed by atoms with Crippen LogP contribution in [0.3, 0.4) is 0 Å². The largest absolute Gasteiger partial charge is 0.497 e. The number of nitrogens with one attached hydrogen (secondary N) is 1. The Morgan fingerprint density at radius 2 is 1.95 bits per heavy atom. The molecule has 1 atom stereocenters. The number of hydrogen-bond donors (Lipinski definition) is 1. The second-order valence-electron chi connectivity index (χ2n) is 5.33. The maximum Gasteiger partial charge on any atom is 0.119 e. The number of rotatable bonds is 5. The lowest BCUT2D eigenvalue weighted by atomic mass is 10.1. The molecule has 1 unspecified atom stereocenters. The summed E-state index contributed by atoms with van der Waals surface area (Å²) in [5, 5.41) is 3.44. The van der Waals surface area contributed by atoms with Gasteiger partial charge in [-0.25, -0.2) is 0 Å². The lowest BCUT2D eigenvalue weighted by molar-refractivity contribution is 0.255. The van der Waals surface area contributed by atoms with E-state index < -0.39 is 0 Å². The molecule has 0 saturated carbocycles. The number of methoxy groups -OCH3 is 1. The van der Waals surface area contributed by atoms with Gasteiger partial charge in [0.2, 0.25) is 0 Å². The molecule has 1 fully saturated rings. The molecule has 0 spiro atoms. The molecule has 0 amide bonds. The van der Waals surface area contributed by atoms with E-state index in [2.05, 4.69) is 28.4 Å². The van der Waals surface area contributed by atoms with E-state index in [1.54, 1.807) is 7.11 Å². The molecular formula is C16H26N2O. The summed E-state index contributed by atoms with van der Waals surface area (Å²) in [6.07, 6.45) is 5.46. The van der Waals surface area contributed by atoms with Gasteiger partial charge in [-0.15, -0.1) is 0 Å². The van der Waals surface area contributed by atoms with Gasteiger partial charge in [0.15, 0.2) is 0 Å². The van der Waals surface area contributed by atoms with Crippen molar-refractivity contribution in [3.63, 3.8) is 0 Å². The quantitative estimate of drug-likeness (QED) is 0.883. The van der Waals surface area contributed by atoms with Crippen LogP contribution >= 0.6 is 0 Å². The van der Waals surface area contributed by atoms with Gasteiger partial charge in [0.05, 0.1) is 7.11 Å². The maximum absolute atomic E-state index is 5.32. The Hall–Kier alpha value is -1.06. The molecule has 0 bridgehead atoms. The number of benzene rings is 1. The maximum atomic E-state index is 5.32. The van der Waals surface area contributed by atoms with Crippen molar-refractivity contribution in [3.05, 3.63) is 29.8 Å². The van der Waals surface area contributed by atoms with Crippen LogP contribution in [0.2, 0.25) is 0 Å². The summed E-state index contributed by atoms with van der Waals surface area (Å²) in [4.78, 5) is 2.59. The first-order valence-corrected chi connectivity index (χ1v) is 7.37. The van der Waals surface area contributed by atoms with E-state index in [0.29, 0.717) is 6.04 Å². The number of likely N-dealkylation sites (N-methyl/N-ethyl adjacent to an activating group) is 1. The predicted molar refractivity (Wildman–Crippen MR) is 79.7 cm³/mol. The third-order valence-corrected chi connectivity index (χ3v) is 3.98. The topological polar surface area (TPSA) is 24.5 Å². The van der Waals surface area contributed by atoms with Gasteiger partial charge in [-0.3, -0.25) is 0 Å². The highest BCUT2D eigenvalue weighted by molar-refractivity contribution is 5.30. The molecule has 1 aromatic rings. The van der Waals surface area contributed by atoms with E-state index in [1.165, 1.54) is 44.3 Å². The normalized spacial score (nSPS) is 18.8. The van der Waals surface area contributed by atoms with Crippen molar-refractivity contribution in [3.8, 4) is 5.75 Å². The predicted octanol–water partition coefficient (Wildman–Crippen LogP) is 2.83. The zero-order chi connectivity index (χ0) is 13.5. The fourth-order valence-corrected chi connectivity index (χ4v) is 2.80. The Labute approximate surface area is 116 Å². The Morgan fingerprint density at radius 3 is 2.58 bits per heavy atom. The van der Waals surface area contributed by atoms with Gasteiger partial charge >= 0.3 is 0 Å². The summed E-state index contributed by atoms with van der Waals surface area (Å²) >= 11 is 0. The highest BCUT2D eigenvalue weighted by Crippen LogP contribution is 2.21. The second kappa shape index (κ2) is 7.51. The molecule has 3 nitrogen and oxygen atoms in total. The molecule has 1 N–H and O–H groups in total. The summed E-state index contributed by atoms with van der Waals surface area (Å²) in [7, 11) is 3.77. The van der Waals surface area contributed by atoms with Crippen LogP contribution in [-0.4, -0.2) is 38.7 Å². The Balaban J connectivity index is 2.01. The van der Waals surface area contributed by atoms with Crippen LogP contribution in [0.25, 0.3) is 0 Å². The average Bonchev–Trinajstić information content (AvgIpc) is 2.73. The van der Waals surface area contributed by atoms with E-state index >= 15 is 0 Å². The zero-order valence-electron chi connectivity index (χ0n) is 12.2. The lowest BCUT2D eigenvalue weighted by Crippen LogP contribution is -2.34. The Kier molecular flexibility index (Phi) is 5.67. The van der Waals surface area contributed by atoms with Crippen molar-refractivity contribution in [2.75, 3.05) is 33.8 Å². The molecule has 1 aromatic carbocycles. The lowest BCUT2D eigenvalue weighted by Gasteiger charge is -2.26. The van der Waals surface area contributed by atoms with Crippen molar-refractivity contribution in [1.29, 1.82) is 0 Å². The van der Waals surface area contributed by atoms with Crippen molar-refractivity contribution in [2.45, 2.75) is 31.7 Å². The molecule has 2 rings (SSSR count). The van der Waals surface area contributed by atoms with Gasteiger partial charge in [-0.05, 0) is 50.7 Å². The van der Waals surface area contributed by atoms with Crippen LogP contribution in [0.5, 0.6) is 5.75 Å². The first kappa shape index (κ1) is 14.4. The van der Waals surface area contributed by atoms with E-state index in [1.807, 2.05) is 13.1 Å². The smallest absolute Gasteiger partial charge is 0.119 e. The van der Waals surface area contributed by atoms with Crippen molar-refractivity contribution in [1.82, 2.24) is 10.2 Å². The van der Waals surface area contributed by atoms with Gasteiger partial charge in [-0.1, -0.05) is 25.0 Å². The highest BCUT2D eigenvalue weighted by Gasteiger charge is 2.16. The zero-order valence-corrected chi connectivity index (χ0v) is 12.2.